The van der Waals surface area contributed by atoms with Crippen LogP contribution in [0.4, 0.5) is 5.69 Å². The molecule has 1 amide bonds. The standard InChI is InChI=1S/C22H23N3O6S2/c1-14-6-8-18(9-7-14)30-12-20-24-17(13-32-20)11-21(26)31-15(2)22(27)25-16-4-3-5-19(10-16)33(23,28)29/h3-10,13,15H,11-12H2,1-2H3,(H,25,27)(H2,23,28,29). The van der Waals surface area contributed by atoms with E-state index < -0.39 is 28.0 Å². The van der Waals surface area contributed by atoms with Crippen molar-refractivity contribution < 1.29 is 27.5 Å². The number of amides is 1. The number of aromatic nitrogens is 1. The van der Waals surface area contributed by atoms with Gasteiger partial charge in [-0.3, -0.25) is 9.59 Å². The van der Waals surface area contributed by atoms with Gasteiger partial charge in [0.25, 0.3) is 5.91 Å². The number of thiazole rings is 1. The normalized spacial score (nSPS) is 12.1. The van der Waals surface area contributed by atoms with Crippen molar-refractivity contribution in [1.29, 1.82) is 0 Å². The average Bonchev–Trinajstić information content (AvgIpc) is 3.20. The Morgan fingerprint density at radius 2 is 1.91 bits per heavy atom. The number of ether oxygens (including phenoxy) is 2. The summed E-state index contributed by atoms with van der Waals surface area (Å²) in [6.07, 6.45) is -1.20. The molecule has 2 aromatic carbocycles. The summed E-state index contributed by atoms with van der Waals surface area (Å²) in [7, 11) is -3.91. The van der Waals surface area contributed by atoms with Crippen molar-refractivity contribution in [3.63, 3.8) is 0 Å². The molecule has 0 aliphatic heterocycles. The van der Waals surface area contributed by atoms with Crippen LogP contribution in [0.25, 0.3) is 0 Å². The van der Waals surface area contributed by atoms with Crippen LogP contribution < -0.4 is 15.2 Å². The number of carbonyl (C=O) groups is 2. The van der Waals surface area contributed by atoms with E-state index in [0.29, 0.717) is 10.7 Å². The molecule has 0 aliphatic rings. The number of nitrogens with one attached hydrogen (secondary N) is 1. The van der Waals surface area contributed by atoms with Crippen molar-refractivity contribution >= 4 is 38.9 Å². The van der Waals surface area contributed by atoms with Crippen LogP contribution in [0.3, 0.4) is 0 Å². The lowest BCUT2D eigenvalue weighted by atomic mass is 10.2. The van der Waals surface area contributed by atoms with E-state index >= 15 is 0 Å². The van der Waals surface area contributed by atoms with Gasteiger partial charge < -0.3 is 14.8 Å². The number of sulfonamides is 1. The summed E-state index contributed by atoms with van der Waals surface area (Å²) in [4.78, 5) is 28.7. The van der Waals surface area contributed by atoms with E-state index in [1.54, 1.807) is 5.38 Å². The first-order valence-corrected chi connectivity index (χ1v) is 12.3. The van der Waals surface area contributed by atoms with Crippen LogP contribution in [0.1, 0.15) is 23.2 Å². The Bertz CT molecular complexity index is 1240. The molecule has 3 N–H and O–H groups in total. The molecule has 0 spiro atoms. The highest BCUT2D eigenvalue weighted by molar-refractivity contribution is 7.89. The molecule has 0 radical (unpaired) electrons. The average molecular weight is 490 g/mol. The molecule has 33 heavy (non-hydrogen) atoms. The second-order valence-corrected chi connectivity index (χ2v) is 9.71. The van der Waals surface area contributed by atoms with E-state index in [0.717, 1.165) is 11.3 Å². The fourth-order valence-corrected chi connectivity index (χ4v) is 3.98. The lowest BCUT2D eigenvalue weighted by Gasteiger charge is -2.13. The first kappa shape index (κ1) is 24.4. The molecular formula is C22H23N3O6S2. The van der Waals surface area contributed by atoms with E-state index in [2.05, 4.69) is 10.3 Å². The van der Waals surface area contributed by atoms with E-state index in [1.807, 2.05) is 31.2 Å². The van der Waals surface area contributed by atoms with Crippen LogP contribution >= 0.6 is 11.3 Å². The second kappa shape index (κ2) is 10.6. The summed E-state index contributed by atoms with van der Waals surface area (Å²) in [5.41, 5.74) is 1.87. The molecule has 0 aliphatic carbocycles. The van der Waals surface area contributed by atoms with E-state index in [-0.39, 0.29) is 23.6 Å². The Morgan fingerprint density at radius 3 is 2.61 bits per heavy atom. The van der Waals surface area contributed by atoms with Crippen LogP contribution in [0, 0.1) is 6.92 Å². The fraction of sp³-hybridized carbons (Fsp3) is 0.227. The number of nitrogens with zero attached hydrogens (tertiary/aromatic N) is 1. The smallest absolute Gasteiger partial charge is 0.312 e. The van der Waals surface area contributed by atoms with Gasteiger partial charge in [0.1, 0.15) is 17.4 Å². The number of rotatable bonds is 9. The molecule has 0 fully saturated rings. The van der Waals surface area contributed by atoms with Crippen molar-refractivity contribution in [2.24, 2.45) is 5.14 Å². The van der Waals surface area contributed by atoms with Gasteiger partial charge in [0.2, 0.25) is 10.0 Å². The summed E-state index contributed by atoms with van der Waals surface area (Å²) in [5.74, 6) is -0.501. The third-order valence-corrected chi connectivity index (χ3v) is 6.20. The van der Waals surface area contributed by atoms with Gasteiger partial charge >= 0.3 is 5.97 Å². The number of primary sulfonamides is 1. The van der Waals surface area contributed by atoms with Crippen molar-refractivity contribution in [2.45, 2.75) is 37.9 Å². The number of carbonyl (C=O) groups excluding carboxylic acids is 2. The highest BCUT2D eigenvalue weighted by atomic mass is 32.2. The second-order valence-electron chi connectivity index (χ2n) is 7.21. The molecule has 174 valence electrons. The van der Waals surface area contributed by atoms with E-state index in [1.165, 1.54) is 42.5 Å². The molecule has 1 aromatic heterocycles. The van der Waals surface area contributed by atoms with Gasteiger partial charge in [-0.15, -0.1) is 11.3 Å². The SMILES string of the molecule is Cc1ccc(OCc2nc(CC(=O)OC(C)C(=O)Nc3cccc(S(N)(=O)=O)c3)cs2)cc1. The van der Waals surface area contributed by atoms with Gasteiger partial charge in [0.15, 0.2) is 6.10 Å². The third-order valence-electron chi connectivity index (χ3n) is 4.42. The van der Waals surface area contributed by atoms with Crippen LogP contribution in [-0.4, -0.2) is 31.4 Å². The van der Waals surface area contributed by atoms with Gasteiger partial charge in [-0.1, -0.05) is 23.8 Å². The molecule has 3 rings (SSSR count). The molecule has 0 bridgehead atoms. The van der Waals surface area contributed by atoms with Crippen LogP contribution in [0.5, 0.6) is 5.75 Å². The molecule has 3 aromatic rings. The summed E-state index contributed by atoms with van der Waals surface area (Å²) in [6.45, 7) is 3.68. The van der Waals surface area contributed by atoms with Crippen molar-refractivity contribution in [2.75, 3.05) is 5.32 Å². The highest BCUT2D eigenvalue weighted by Crippen LogP contribution is 2.17. The Labute approximate surface area is 195 Å². The van der Waals surface area contributed by atoms with Gasteiger partial charge in [-0.05, 0) is 44.2 Å². The number of anilines is 1. The minimum atomic E-state index is -3.91. The van der Waals surface area contributed by atoms with Gasteiger partial charge in [-0.2, -0.15) is 0 Å². The first-order valence-electron chi connectivity index (χ1n) is 9.86. The minimum absolute atomic E-state index is 0.0977. The number of esters is 1. The summed E-state index contributed by atoms with van der Waals surface area (Å²) in [5, 5.41) is 10.0. The quantitative estimate of drug-likeness (QED) is 0.441. The van der Waals surface area contributed by atoms with Gasteiger partial charge in [-0.25, -0.2) is 18.5 Å². The van der Waals surface area contributed by atoms with E-state index in [9.17, 15) is 18.0 Å². The van der Waals surface area contributed by atoms with Crippen LogP contribution in [0.15, 0.2) is 58.8 Å². The zero-order valence-electron chi connectivity index (χ0n) is 18.0. The molecule has 1 unspecified atom stereocenters. The molecule has 9 nitrogen and oxygen atoms in total. The summed E-state index contributed by atoms with van der Waals surface area (Å²) < 4.78 is 33.7. The maximum atomic E-state index is 12.3. The Kier molecular flexibility index (Phi) is 7.79. The van der Waals surface area contributed by atoms with Gasteiger partial charge in [0, 0.05) is 11.1 Å². The molecule has 0 saturated carbocycles. The Morgan fingerprint density at radius 1 is 1.18 bits per heavy atom. The number of nitrogens with two attached hydrogens (primary N) is 1. The first-order chi connectivity index (χ1) is 15.6. The molecule has 11 heteroatoms. The molecular weight excluding hydrogens is 466 g/mol. The molecule has 0 saturated heterocycles. The number of benzene rings is 2. The fourth-order valence-electron chi connectivity index (χ4n) is 2.71. The molecule has 1 heterocycles. The predicted molar refractivity (Wildman–Crippen MR) is 123 cm³/mol. The largest absolute Gasteiger partial charge is 0.486 e. The lowest BCUT2D eigenvalue weighted by Crippen LogP contribution is -2.30. The lowest BCUT2D eigenvalue weighted by molar-refractivity contribution is -0.152. The zero-order chi connectivity index (χ0) is 24.0. The summed E-state index contributed by atoms with van der Waals surface area (Å²) in [6, 6.07) is 13.1. The van der Waals surface area contributed by atoms with Crippen molar-refractivity contribution in [1.82, 2.24) is 4.98 Å². The van der Waals surface area contributed by atoms with Crippen molar-refractivity contribution in [3.05, 3.63) is 70.2 Å². The van der Waals surface area contributed by atoms with E-state index in [4.69, 9.17) is 14.6 Å². The maximum Gasteiger partial charge on any atom is 0.312 e. The van der Waals surface area contributed by atoms with Crippen LogP contribution in [-0.2, 0) is 37.4 Å². The Hall–Kier alpha value is -3.28. The van der Waals surface area contributed by atoms with Crippen LogP contribution in [0.2, 0.25) is 0 Å². The third kappa shape index (κ3) is 7.38. The summed E-state index contributed by atoms with van der Waals surface area (Å²) >= 11 is 1.36. The van der Waals surface area contributed by atoms with Crippen molar-refractivity contribution in [3.8, 4) is 5.75 Å². The monoisotopic (exact) mass is 489 g/mol. The number of hydrogen-bond donors (Lipinski definition) is 2. The maximum absolute atomic E-state index is 12.3. The zero-order valence-corrected chi connectivity index (χ0v) is 19.6. The molecule has 1 atom stereocenters. The van der Waals surface area contributed by atoms with Gasteiger partial charge in [0.05, 0.1) is 17.0 Å². The minimum Gasteiger partial charge on any atom is -0.486 e. The number of hydrogen-bond acceptors (Lipinski definition) is 8. The topological polar surface area (TPSA) is 138 Å². The Balaban J connectivity index is 1.49. The predicted octanol–water partition coefficient (Wildman–Crippen LogP) is 2.79. The number of aryl methyl sites for hydroxylation is 1. The highest BCUT2D eigenvalue weighted by Gasteiger charge is 2.20.